The van der Waals surface area contributed by atoms with E-state index in [0.717, 1.165) is 17.1 Å². The van der Waals surface area contributed by atoms with Gasteiger partial charge in [0.05, 0.1) is 5.69 Å². The first-order valence-corrected chi connectivity index (χ1v) is 5.53. The van der Waals surface area contributed by atoms with E-state index in [2.05, 4.69) is 31.0 Å². The standard InChI is InChI=1S/C10H11BrN4O/c1-6-10(7(2)15(3)14-6)16-9-4-8(11)12-5-13-9/h4-5H,1-3H3. The molecule has 0 N–H and O–H groups in total. The van der Waals surface area contributed by atoms with Crippen molar-refractivity contribution < 1.29 is 4.74 Å². The molecular weight excluding hydrogens is 272 g/mol. The van der Waals surface area contributed by atoms with Crippen molar-refractivity contribution in [2.24, 2.45) is 7.05 Å². The molecule has 0 aliphatic carbocycles. The Balaban J connectivity index is 2.34. The Morgan fingerprint density at radius 3 is 2.62 bits per heavy atom. The van der Waals surface area contributed by atoms with Crippen LogP contribution in [0, 0.1) is 13.8 Å². The molecule has 16 heavy (non-hydrogen) atoms. The van der Waals surface area contributed by atoms with Crippen LogP contribution in [-0.4, -0.2) is 19.7 Å². The topological polar surface area (TPSA) is 52.8 Å². The van der Waals surface area contributed by atoms with Crippen LogP contribution in [0.2, 0.25) is 0 Å². The maximum absolute atomic E-state index is 5.68. The van der Waals surface area contributed by atoms with Crippen LogP contribution in [0.25, 0.3) is 0 Å². The van der Waals surface area contributed by atoms with Crippen molar-refractivity contribution in [3.05, 3.63) is 28.4 Å². The predicted octanol–water partition coefficient (Wildman–Crippen LogP) is 2.38. The number of halogens is 1. The van der Waals surface area contributed by atoms with Gasteiger partial charge in [-0.1, -0.05) is 0 Å². The van der Waals surface area contributed by atoms with Crippen molar-refractivity contribution in [1.29, 1.82) is 0 Å². The summed E-state index contributed by atoms with van der Waals surface area (Å²) < 4.78 is 8.15. The highest BCUT2D eigenvalue weighted by Crippen LogP contribution is 2.27. The van der Waals surface area contributed by atoms with Gasteiger partial charge in [0, 0.05) is 13.1 Å². The molecule has 0 atom stereocenters. The average Bonchev–Trinajstić information content (AvgIpc) is 2.45. The van der Waals surface area contributed by atoms with E-state index < -0.39 is 0 Å². The fraction of sp³-hybridized carbons (Fsp3) is 0.300. The molecule has 2 rings (SSSR count). The summed E-state index contributed by atoms with van der Waals surface area (Å²) in [5.74, 6) is 1.24. The Morgan fingerprint density at radius 1 is 1.31 bits per heavy atom. The Kier molecular flexibility index (Phi) is 2.91. The van der Waals surface area contributed by atoms with E-state index in [0.29, 0.717) is 10.5 Å². The zero-order valence-electron chi connectivity index (χ0n) is 9.23. The Hall–Kier alpha value is -1.43. The third-order valence-electron chi connectivity index (χ3n) is 2.26. The summed E-state index contributed by atoms with van der Waals surface area (Å²) in [7, 11) is 1.88. The van der Waals surface area contributed by atoms with E-state index >= 15 is 0 Å². The number of ether oxygens (including phenoxy) is 1. The predicted molar refractivity (Wildman–Crippen MR) is 62.5 cm³/mol. The summed E-state index contributed by atoms with van der Waals surface area (Å²) in [4.78, 5) is 7.96. The smallest absolute Gasteiger partial charge is 0.223 e. The zero-order chi connectivity index (χ0) is 11.7. The van der Waals surface area contributed by atoms with Gasteiger partial charge in [-0.2, -0.15) is 5.10 Å². The highest BCUT2D eigenvalue weighted by Gasteiger charge is 2.12. The number of hydrogen-bond acceptors (Lipinski definition) is 4. The van der Waals surface area contributed by atoms with E-state index in [1.54, 1.807) is 10.7 Å². The van der Waals surface area contributed by atoms with E-state index in [9.17, 15) is 0 Å². The third kappa shape index (κ3) is 2.06. The number of rotatable bonds is 2. The number of nitrogens with zero attached hydrogens (tertiary/aromatic N) is 4. The highest BCUT2D eigenvalue weighted by atomic mass is 79.9. The second-order valence-electron chi connectivity index (χ2n) is 3.40. The average molecular weight is 283 g/mol. The molecule has 0 unspecified atom stereocenters. The molecule has 2 heterocycles. The summed E-state index contributed by atoms with van der Waals surface area (Å²) in [6.07, 6.45) is 1.44. The van der Waals surface area contributed by atoms with Crippen LogP contribution in [0.1, 0.15) is 11.4 Å². The van der Waals surface area contributed by atoms with Crippen molar-refractivity contribution in [3.63, 3.8) is 0 Å². The molecule has 2 aromatic heterocycles. The lowest BCUT2D eigenvalue weighted by Crippen LogP contribution is -1.94. The van der Waals surface area contributed by atoms with Crippen LogP contribution in [0.3, 0.4) is 0 Å². The summed E-state index contributed by atoms with van der Waals surface area (Å²) in [5.41, 5.74) is 1.81. The maximum atomic E-state index is 5.68. The van der Waals surface area contributed by atoms with Gasteiger partial charge in [0.15, 0.2) is 5.75 Å². The van der Waals surface area contributed by atoms with Crippen LogP contribution >= 0.6 is 15.9 Å². The first-order chi connectivity index (χ1) is 7.58. The van der Waals surface area contributed by atoms with E-state index in [4.69, 9.17) is 4.74 Å². The lowest BCUT2D eigenvalue weighted by molar-refractivity contribution is 0.453. The Bertz CT molecular complexity index is 524. The second kappa shape index (κ2) is 4.21. The summed E-state index contributed by atoms with van der Waals surface area (Å²) in [6, 6.07) is 1.71. The lowest BCUT2D eigenvalue weighted by atomic mass is 10.3. The van der Waals surface area contributed by atoms with E-state index in [1.165, 1.54) is 6.33 Å². The van der Waals surface area contributed by atoms with Crippen molar-refractivity contribution in [1.82, 2.24) is 19.7 Å². The molecule has 6 heteroatoms. The van der Waals surface area contributed by atoms with Crippen LogP contribution in [-0.2, 0) is 7.05 Å². The van der Waals surface area contributed by atoms with Gasteiger partial charge in [-0.15, -0.1) is 0 Å². The normalized spacial score (nSPS) is 10.5. The number of aromatic nitrogens is 4. The van der Waals surface area contributed by atoms with E-state index in [-0.39, 0.29) is 0 Å². The van der Waals surface area contributed by atoms with Crippen LogP contribution in [0.15, 0.2) is 17.0 Å². The van der Waals surface area contributed by atoms with Crippen LogP contribution in [0.5, 0.6) is 11.6 Å². The molecule has 84 valence electrons. The zero-order valence-corrected chi connectivity index (χ0v) is 10.8. The number of aryl methyl sites for hydroxylation is 2. The summed E-state index contributed by atoms with van der Waals surface area (Å²) >= 11 is 3.27. The molecule has 0 fully saturated rings. The molecule has 0 saturated carbocycles. The fourth-order valence-corrected chi connectivity index (χ4v) is 1.67. The Morgan fingerprint density at radius 2 is 2.06 bits per heavy atom. The quantitative estimate of drug-likeness (QED) is 0.794. The Labute approximate surface area is 102 Å². The number of hydrogen-bond donors (Lipinski definition) is 0. The molecular formula is C10H11BrN4O. The molecule has 0 aliphatic heterocycles. The van der Waals surface area contributed by atoms with Gasteiger partial charge in [-0.25, -0.2) is 9.97 Å². The largest absolute Gasteiger partial charge is 0.435 e. The minimum absolute atomic E-state index is 0.501. The molecule has 0 saturated heterocycles. The first-order valence-electron chi connectivity index (χ1n) is 4.73. The van der Waals surface area contributed by atoms with Crippen molar-refractivity contribution >= 4 is 15.9 Å². The lowest BCUT2D eigenvalue weighted by Gasteiger charge is -2.04. The van der Waals surface area contributed by atoms with Crippen LogP contribution < -0.4 is 4.74 Å². The van der Waals surface area contributed by atoms with Gasteiger partial charge in [-0.05, 0) is 29.8 Å². The van der Waals surface area contributed by atoms with Gasteiger partial charge in [0.2, 0.25) is 5.88 Å². The first kappa shape index (κ1) is 11.1. The van der Waals surface area contributed by atoms with Crippen molar-refractivity contribution in [2.75, 3.05) is 0 Å². The molecule has 5 nitrogen and oxygen atoms in total. The molecule has 0 bridgehead atoms. The van der Waals surface area contributed by atoms with Gasteiger partial charge in [-0.3, -0.25) is 4.68 Å². The van der Waals surface area contributed by atoms with Gasteiger partial charge >= 0.3 is 0 Å². The minimum atomic E-state index is 0.501. The third-order valence-corrected chi connectivity index (χ3v) is 2.69. The molecule has 2 aromatic rings. The van der Waals surface area contributed by atoms with Crippen LogP contribution in [0.4, 0.5) is 0 Å². The fourth-order valence-electron chi connectivity index (χ4n) is 1.38. The molecule has 0 spiro atoms. The van der Waals surface area contributed by atoms with Gasteiger partial charge in [0.1, 0.15) is 16.6 Å². The molecule has 0 radical (unpaired) electrons. The minimum Gasteiger partial charge on any atom is -0.435 e. The summed E-state index contributed by atoms with van der Waals surface area (Å²) in [6.45, 7) is 3.85. The van der Waals surface area contributed by atoms with Crippen molar-refractivity contribution in [3.8, 4) is 11.6 Å². The molecule has 0 amide bonds. The van der Waals surface area contributed by atoms with Gasteiger partial charge in [0.25, 0.3) is 0 Å². The highest BCUT2D eigenvalue weighted by molar-refractivity contribution is 9.10. The van der Waals surface area contributed by atoms with E-state index in [1.807, 2.05) is 20.9 Å². The maximum Gasteiger partial charge on any atom is 0.223 e. The molecule has 0 aliphatic rings. The monoisotopic (exact) mass is 282 g/mol. The second-order valence-corrected chi connectivity index (χ2v) is 4.22. The SMILES string of the molecule is Cc1nn(C)c(C)c1Oc1cc(Br)ncn1. The molecule has 0 aromatic carbocycles. The summed E-state index contributed by atoms with van der Waals surface area (Å²) in [5, 5.41) is 4.27. The van der Waals surface area contributed by atoms with Gasteiger partial charge < -0.3 is 4.74 Å². The van der Waals surface area contributed by atoms with Crippen molar-refractivity contribution in [2.45, 2.75) is 13.8 Å².